The highest BCUT2D eigenvalue weighted by Crippen LogP contribution is 2.19. The average Bonchev–Trinajstić information content (AvgIpc) is 2.16. The molecule has 4 unspecified atom stereocenters. The Morgan fingerprint density at radius 2 is 1.06 bits per heavy atom. The van der Waals surface area contributed by atoms with Crippen molar-refractivity contribution in [3.8, 4) is 0 Å². The van der Waals surface area contributed by atoms with Crippen molar-refractivity contribution in [2.45, 2.75) is 92.3 Å². The zero-order chi connectivity index (χ0) is 13.3. The third-order valence-corrected chi connectivity index (χ3v) is 3.50. The molecule has 0 saturated carbocycles. The van der Waals surface area contributed by atoms with Gasteiger partial charge in [0.15, 0.2) is 0 Å². The zero-order valence-electron chi connectivity index (χ0n) is 13.0. The lowest BCUT2D eigenvalue weighted by atomic mass is 9.98. The SMILES string of the molecule is CCCC(C)CC(C)OC(C)CC(C)CCC. The van der Waals surface area contributed by atoms with Crippen LogP contribution in [0.25, 0.3) is 0 Å². The van der Waals surface area contributed by atoms with Crippen molar-refractivity contribution in [3.63, 3.8) is 0 Å². The Morgan fingerprint density at radius 3 is 1.35 bits per heavy atom. The van der Waals surface area contributed by atoms with Gasteiger partial charge in [0.25, 0.3) is 0 Å². The van der Waals surface area contributed by atoms with E-state index in [2.05, 4.69) is 41.5 Å². The third kappa shape index (κ3) is 9.64. The fourth-order valence-electron chi connectivity index (χ4n) is 2.86. The van der Waals surface area contributed by atoms with Gasteiger partial charge in [-0.25, -0.2) is 0 Å². The molecule has 0 heterocycles. The van der Waals surface area contributed by atoms with Crippen molar-refractivity contribution in [2.24, 2.45) is 11.8 Å². The number of hydrogen-bond donors (Lipinski definition) is 0. The van der Waals surface area contributed by atoms with Gasteiger partial charge in [-0.05, 0) is 38.5 Å². The van der Waals surface area contributed by atoms with Crippen LogP contribution in [0.15, 0.2) is 0 Å². The van der Waals surface area contributed by atoms with Crippen molar-refractivity contribution in [3.05, 3.63) is 0 Å². The molecule has 0 rings (SSSR count). The lowest BCUT2D eigenvalue weighted by Gasteiger charge is -2.24. The summed E-state index contributed by atoms with van der Waals surface area (Å²) in [6.07, 6.45) is 8.48. The molecule has 0 aromatic carbocycles. The first-order valence-corrected chi connectivity index (χ1v) is 7.64. The van der Waals surface area contributed by atoms with Gasteiger partial charge in [-0.3, -0.25) is 0 Å². The monoisotopic (exact) mass is 242 g/mol. The quantitative estimate of drug-likeness (QED) is 0.496. The summed E-state index contributed by atoms with van der Waals surface area (Å²) >= 11 is 0. The molecule has 104 valence electrons. The molecule has 0 amide bonds. The first kappa shape index (κ1) is 17.0. The van der Waals surface area contributed by atoms with E-state index in [1.807, 2.05) is 0 Å². The maximum Gasteiger partial charge on any atom is 0.0553 e. The minimum atomic E-state index is 0.417. The van der Waals surface area contributed by atoms with Crippen molar-refractivity contribution < 1.29 is 4.74 Å². The van der Waals surface area contributed by atoms with E-state index >= 15 is 0 Å². The largest absolute Gasteiger partial charge is 0.376 e. The average molecular weight is 242 g/mol. The highest BCUT2D eigenvalue weighted by Gasteiger charge is 2.14. The minimum absolute atomic E-state index is 0.417. The molecular formula is C16H34O. The molecule has 0 radical (unpaired) electrons. The Hall–Kier alpha value is -0.0400. The molecule has 0 saturated heterocycles. The van der Waals surface area contributed by atoms with Crippen LogP contribution >= 0.6 is 0 Å². The van der Waals surface area contributed by atoms with Gasteiger partial charge < -0.3 is 4.74 Å². The van der Waals surface area contributed by atoms with Crippen LogP contribution in [0.4, 0.5) is 0 Å². The second-order valence-electron chi connectivity index (χ2n) is 6.02. The third-order valence-electron chi connectivity index (χ3n) is 3.50. The Labute approximate surface area is 109 Å². The Kier molecular flexibility index (Phi) is 9.91. The molecule has 1 heteroatoms. The predicted molar refractivity (Wildman–Crippen MR) is 77.4 cm³/mol. The molecule has 0 N–H and O–H groups in total. The molecule has 0 aromatic rings. The van der Waals surface area contributed by atoms with Crippen LogP contribution in [0.1, 0.15) is 80.1 Å². The van der Waals surface area contributed by atoms with E-state index in [9.17, 15) is 0 Å². The van der Waals surface area contributed by atoms with Gasteiger partial charge in [-0.1, -0.05) is 53.4 Å². The molecule has 4 atom stereocenters. The van der Waals surface area contributed by atoms with Crippen LogP contribution in [-0.4, -0.2) is 12.2 Å². The molecule has 0 bridgehead atoms. The van der Waals surface area contributed by atoms with Crippen LogP contribution in [0, 0.1) is 11.8 Å². The van der Waals surface area contributed by atoms with Crippen molar-refractivity contribution in [1.29, 1.82) is 0 Å². The van der Waals surface area contributed by atoms with E-state index in [0.29, 0.717) is 12.2 Å². The summed E-state index contributed by atoms with van der Waals surface area (Å²) in [6, 6.07) is 0. The summed E-state index contributed by atoms with van der Waals surface area (Å²) in [7, 11) is 0. The summed E-state index contributed by atoms with van der Waals surface area (Å²) in [6.45, 7) is 13.7. The highest BCUT2D eigenvalue weighted by atomic mass is 16.5. The van der Waals surface area contributed by atoms with Crippen LogP contribution in [0.3, 0.4) is 0 Å². The normalized spacial score (nSPS) is 18.7. The highest BCUT2D eigenvalue weighted by molar-refractivity contribution is 4.63. The van der Waals surface area contributed by atoms with Gasteiger partial charge in [0.2, 0.25) is 0 Å². The topological polar surface area (TPSA) is 9.23 Å². The molecule has 17 heavy (non-hydrogen) atoms. The second kappa shape index (κ2) is 9.94. The van der Waals surface area contributed by atoms with Gasteiger partial charge >= 0.3 is 0 Å². The summed E-state index contributed by atoms with van der Waals surface area (Å²) in [5.41, 5.74) is 0. The lowest BCUT2D eigenvalue weighted by molar-refractivity contribution is -0.0143. The standard InChI is InChI=1S/C16H34O/c1-7-9-13(3)11-15(5)17-16(6)12-14(4)10-8-2/h13-16H,7-12H2,1-6H3. The maximum absolute atomic E-state index is 6.08. The van der Waals surface area contributed by atoms with Gasteiger partial charge in [-0.2, -0.15) is 0 Å². The molecule has 0 aromatic heterocycles. The van der Waals surface area contributed by atoms with Gasteiger partial charge in [-0.15, -0.1) is 0 Å². The van der Waals surface area contributed by atoms with Crippen molar-refractivity contribution in [2.75, 3.05) is 0 Å². The van der Waals surface area contributed by atoms with Crippen LogP contribution in [0.5, 0.6) is 0 Å². The van der Waals surface area contributed by atoms with Gasteiger partial charge in [0.1, 0.15) is 0 Å². The van der Waals surface area contributed by atoms with Crippen LogP contribution < -0.4 is 0 Å². The summed E-state index contributed by atoms with van der Waals surface area (Å²) < 4.78 is 6.08. The molecule has 1 nitrogen and oxygen atoms in total. The minimum Gasteiger partial charge on any atom is -0.376 e. The molecule has 0 aliphatic carbocycles. The smallest absolute Gasteiger partial charge is 0.0553 e. The van der Waals surface area contributed by atoms with Gasteiger partial charge in [0, 0.05) is 0 Å². The fourth-order valence-corrected chi connectivity index (χ4v) is 2.86. The molecule has 0 spiro atoms. The van der Waals surface area contributed by atoms with E-state index in [1.165, 1.54) is 38.5 Å². The lowest BCUT2D eigenvalue weighted by Crippen LogP contribution is -2.21. The van der Waals surface area contributed by atoms with E-state index in [-0.39, 0.29) is 0 Å². The van der Waals surface area contributed by atoms with Crippen molar-refractivity contribution in [1.82, 2.24) is 0 Å². The molecule has 0 aliphatic rings. The Bertz CT molecular complexity index is 149. The summed E-state index contributed by atoms with van der Waals surface area (Å²) in [5, 5.41) is 0. The maximum atomic E-state index is 6.08. The van der Waals surface area contributed by atoms with Crippen LogP contribution in [0.2, 0.25) is 0 Å². The zero-order valence-corrected chi connectivity index (χ0v) is 13.0. The van der Waals surface area contributed by atoms with E-state index in [4.69, 9.17) is 4.74 Å². The number of rotatable bonds is 10. The predicted octanol–water partition coefficient (Wildman–Crippen LogP) is 5.43. The van der Waals surface area contributed by atoms with Crippen molar-refractivity contribution >= 4 is 0 Å². The summed E-state index contributed by atoms with van der Waals surface area (Å²) in [4.78, 5) is 0. The van der Waals surface area contributed by atoms with Gasteiger partial charge in [0.05, 0.1) is 12.2 Å². The molecule has 0 aliphatic heterocycles. The van der Waals surface area contributed by atoms with E-state index in [0.717, 1.165) is 11.8 Å². The first-order valence-electron chi connectivity index (χ1n) is 7.64. The summed E-state index contributed by atoms with van der Waals surface area (Å²) in [5.74, 6) is 1.60. The second-order valence-corrected chi connectivity index (χ2v) is 6.02. The molecular weight excluding hydrogens is 208 g/mol. The van der Waals surface area contributed by atoms with Crippen LogP contribution in [-0.2, 0) is 4.74 Å². The number of hydrogen-bond acceptors (Lipinski definition) is 1. The number of ether oxygens (including phenoxy) is 1. The molecule has 0 fully saturated rings. The van der Waals surface area contributed by atoms with E-state index < -0.39 is 0 Å². The Morgan fingerprint density at radius 1 is 0.706 bits per heavy atom. The fraction of sp³-hybridized carbons (Fsp3) is 1.00. The Balaban J connectivity index is 3.74. The first-order chi connectivity index (χ1) is 7.99. The van der Waals surface area contributed by atoms with E-state index in [1.54, 1.807) is 0 Å².